The lowest BCUT2D eigenvalue weighted by molar-refractivity contribution is 0.655. The van der Waals surface area contributed by atoms with Crippen LogP contribution in [0.4, 0.5) is 0 Å². The van der Waals surface area contributed by atoms with Crippen LogP contribution in [-0.2, 0) is 13.1 Å². The van der Waals surface area contributed by atoms with Gasteiger partial charge in [0, 0.05) is 23.9 Å². The molecule has 0 fully saturated rings. The van der Waals surface area contributed by atoms with Crippen LogP contribution in [0.15, 0.2) is 32.7 Å². The van der Waals surface area contributed by atoms with Crippen LogP contribution in [0, 0.1) is 0 Å². The highest BCUT2D eigenvalue weighted by Crippen LogP contribution is 2.54. The van der Waals surface area contributed by atoms with E-state index >= 15 is 0 Å². The molecule has 0 radical (unpaired) electrons. The molecule has 6 rings (SSSR count). The molecule has 0 aliphatic carbocycles. The Morgan fingerprint density at radius 3 is 1.69 bits per heavy atom. The largest absolute Gasteiger partial charge is 0.338 e. The lowest BCUT2D eigenvalue weighted by atomic mass is 10.1. The second-order valence-corrected chi connectivity index (χ2v) is 11.4. The van der Waals surface area contributed by atoms with Gasteiger partial charge in [-0.3, -0.25) is 0 Å². The van der Waals surface area contributed by atoms with Crippen molar-refractivity contribution < 1.29 is 0 Å². The molecule has 29 heavy (non-hydrogen) atoms. The molecule has 1 aliphatic heterocycles. The summed E-state index contributed by atoms with van der Waals surface area (Å²) in [6, 6.07) is 4.66. The first-order valence-electron chi connectivity index (χ1n) is 10.4. The van der Waals surface area contributed by atoms with Gasteiger partial charge in [-0.05, 0) is 59.6 Å². The van der Waals surface area contributed by atoms with E-state index in [-0.39, 0.29) is 0 Å². The van der Waals surface area contributed by atoms with E-state index in [1.807, 2.05) is 46.6 Å². The normalized spacial score (nSPS) is 14.3. The second kappa shape index (κ2) is 7.24. The van der Waals surface area contributed by atoms with E-state index in [0.29, 0.717) is 0 Å². The Labute approximate surface area is 186 Å². The summed E-state index contributed by atoms with van der Waals surface area (Å²) in [6.07, 6.45) is 4.88. The molecule has 0 amide bonds. The van der Waals surface area contributed by atoms with Gasteiger partial charge in [-0.15, -0.1) is 22.7 Å². The van der Waals surface area contributed by atoms with Gasteiger partial charge in [-0.1, -0.05) is 26.7 Å². The van der Waals surface area contributed by atoms with Crippen molar-refractivity contribution in [2.45, 2.75) is 62.4 Å². The number of nitrogens with zero attached hydrogens (tertiary/aromatic N) is 2. The maximum Gasteiger partial charge on any atom is 0.0760 e. The van der Waals surface area contributed by atoms with Gasteiger partial charge in [-0.2, -0.15) is 4.13 Å². The van der Waals surface area contributed by atoms with Crippen molar-refractivity contribution >= 4 is 88.8 Å². The molecule has 1 aliphatic rings. The standard InChI is InChI=1S/C22H23N3S4/c1-3-5-9-24-13-7-11-26-19(13)15-17(24)18-16(22-21(15)28-23-29-22)20-14(8-12-27-20)25(18)10-6-4-2/h7-8,11-12,23H,3-6,9-10H2,1-2H3. The first-order valence-corrected chi connectivity index (χ1v) is 13.8. The number of unbranched alkanes of at least 4 members (excludes halogenated alkanes) is 2. The summed E-state index contributed by atoms with van der Waals surface area (Å²) in [5.41, 5.74) is 5.75. The molecule has 5 aromatic rings. The molecular formula is C22H23N3S4. The molecule has 7 heteroatoms. The van der Waals surface area contributed by atoms with Gasteiger partial charge >= 0.3 is 0 Å². The average molecular weight is 458 g/mol. The van der Waals surface area contributed by atoms with E-state index in [2.05, 4.69) is 50.0 Å². The van der Waals surface area contributed by atoms with Crippen LogP contribution >= 0.6 is 46.6 Å². The Bertz CT molecular complexity index is 1260. The van der Waals surface area contributed by atoms with Gasteiger partial charge in [0.25, 0.3) is 0 Å². The monoisotopic (exact) mass is 457 g/mol. The Balaban J connectivity index is 1.85. The van der Waals surface area contributed by atoms with Crippen molar-refractivity contribution in [1.82, 2.24) is 13.3 Å². The smallest absolute Gasteiger partial charge is 0.0760 e. The van der Waals surface area contributed by atoms with Crippen LogP contribution in [0.25, 0.3) is 42.2 Å². The Morgan fingerprint density at radius 2 is 1.24 bits per heavy atom. The fourth-order valence-electron chi connectivity index (χ4n) is 4.67. The predicted octanol–water partition coefficient (Wildman–Crippen LogP) is 8.24. The molecule has 0 spiro atoms. The molecule has 0 unspecified atom stereocenters. The molecule has 3 nitrogen and oxygen atoms in total. The number of hydrogen-bond donors (Lipinski definition) is 1. The third kappa shape index (κ3) is 2.54. The molecule has 1 aromatic carbocycles. The van der Waals surface area contributed by atoms with Crippen molar-refractivity contribution in [3.05, 3.63) is 22.9 Å². The second-order valence-electron chi connectivity index (χ2n) is 7.67. The van der Waals surface area contributed by atoms with Crippen molar-refractivity contribution in [3.63, 3.8) is 0 Å². The molecule has 1 N–H and O–H groups in total. The van der Waals surface area contributed by atoms with Crippen LogP contribution in [-0.4, -0.2) is 9.13 Å². The molecule has 0 bridgehead atoms. The van der Waals surface area contributed by atoms with Gasteiger partial charge in [0.15, 0.2) is 0 Å². The summed E-state index contributed by atoms with van der Waals surface area (Å²) in [5, 5.41) is 7.47. The molecular weight excluding hydrogens is 435 g/mol. The molecule has 5 heterocycles. The van der Waals surface area contributed by atoms with Gasteiger partial charge in [0.1, 0.15) is 0 Å². The van der Waals surface area contributed by atoms with Crippen LogP contribution in [0.3, 0.4) is 0 Å². The maximum atomic E-state index is 3.51. The summed E-state index contributed by atoms with van der Waals surface area (Å²) < 4.78 is 11.7. The lowest BCUT2D eigenvalue weighted by Crippen LogP contribution is -2.02. The summed E-state index contributed by atoms with van der Waals surface area (Å²) in [7, 11) is 0. The first-order chi connectivity index (χ1) is 14.3. The number of hydrogen-bond acceptors (Lipinski definition) is 5. The van der Waals surface area contributed by atoms with E-state index in [1.165, 1.54) is 77.7 Å². The van der Waals surface area contributed by atoms with Crippen molar-refractivity contribution in [1.29, 1.82) is 0 Å². The van der Waals surface area contributed by atoms with E-state index in [1.54, 1.807) is 0 Å². The van der Waals surface area contributed by atoms with E-state index < -0.39 is 0 Å². The van der Waals surface area contributed by atoms with Gasteiger partial charge in [0.2, 0.25) is 0 Å². The number of fused-ring (bicyclic) bond motifs is 10. The third-order valence-electron chi connectivity index (χ3n) is 5.98. The quantitative estimate of drug-likeness (QED) is 0.259. The number of aromatic nitrogens is 2. The molecule has 0 atom stereocenters. The topological polar surface area (TPSA) is 21.9 Å². The first kappa shape index (κ1) is 18.6. The average Bonchev–Trinajstić information content (AvgIpc) is 3.51. The molecule has 0 saturated heterocycles. The summed E-state index contributed by atoms with van der Waals surface area (Å²) in [6.45, 7) is 6.78. The van der Waals surface area contributed by atoms with Crippen LogP contribution in [0.1, 0.15) is 39.5 Å². The fourth-order valence-corrected chi connectivity index (χ4v) is 8.77. The number of nitrogens with one attached hydrogen (secondary N) is 1. The number of rotatable bonds is 6. The van der Waals surface area contributed by atoms with Crippen molar-refractivity contribution in [2.75, 3.05) is 0 Å². The third-order valence-corrected chi connectivity index (χ3v) is 9.84. The zero-order valence-corrected chi connectivity index (χ0v) is 19.8. The molecule has 150 valence electrons. The van der Waals surface area contributed by atoms with Gasteiger partial charge < -0.3 is 9.13 Å². The van der Waals surface area contributed by atoms with E-state index in [0.717, 1.165) is 13.1 Å². The summed E-state index contributed by atoms with van der Waals surface area (Å²) in [5.74, 6) is 0. The highest BCUT2D eigenvalue weighted by Gasteiger charge is 2.30. The summed E-state index contributed by atoms with van der Waals surface area (Å²) >= 11 is 7.42. The number of benzene rings is 1. The molecule has 0 saturated carbocycles. The van der Waals surface area contributed by atoms with Crippen molar-refractivity contribution in [3.8, 4) is 0 Å². The van der Waals surface area contributed by atoms with Crippen LogP contribution in [0.5, 0.6) is 0 Å². The minimum atomic E-state index is 1.10. The van der Waals surface area contributed by atoms with Gasteiger partial charge in [0.05, 0.1) is 41.3 Å². The minimum absolute atomic E-state index is 1.10. The zero-order chi connectivity index (χ0) is 19.5. The predicted molar refractivity (Wildman–Crippen MR) is 133 cm³/mol. The van der Waals surface area contributed by atoms with Gasteiger partial charge in [-0.25, -0.2) is 0 Å². The Morgan fingerprint density at radius 1 is 0.759 bits per heavy atom. The van der Waals surface area contributed by atoms with E-state index in [9.17, 15) is 0 Å². The van der Waals surface area contributed by atoms with Crippen molar-refractivity contribution in [2.24, 2.45) is 0 Å². The zero-order valence-electron chi connectivity index (χ0n) is 16.6. The number of aryl methyl sites for hydroxylation is 2. The maximum absolute atomic E-state index is 3.51. The highest BCUT2D eigenvalue weighted by atomic mass is 32.2. The Hall–Kier alpha value is -1.12. The lowest BCUT2D eigenvalue weighted by Gasteiger charge is -2.13. The SMILES string of the molecule is CCCCn1c2ccsc2c2c3c(c4c5sccc5n(CCCC)c4c21)SNS3. The fraction of sp³-hybridized carbons (Fsp3) is 0.364. The number of thiophene rings is 2. The molecule has 4 aromatic heterocycles. The highest BCUT2D eigenvalue weighted by molar-refractivity contribution is 8.15. The van der Waals surface area contributed by atoms with Crippen LogP contribution < -0.4 is 4.13 Å². The summed E-state index contributed by atoms with van der Waals surface area (Å²) in [4.78, 5) is 2.87. The van der Waals surface area contributed by atoms with Crippen LogP contribution in [0.2, 0.25) is 0 Å². The Kier molecular flexibility index (Phi) is 4.65. The minimum Gasteiger partial charge on any atom is -0.338 e. The van der Waals surface area contributed by atoms with E-state index in [4.69, 9.17) is 0 Å².